The van der Waals surface area contributed by atoms with Crippen LogP contribution >= 0.6 is 0 Å². The van der Waals surface area contributed by atoms with Gasteiger partial charge in [-0.3, -0.25) is 0 Å². The fourth-order valence-corrected chi connectivity index (χ4v) is 1.84. The molecule has 0 amide bonds. The van der Waals surface area contributed by atoms with Gasteiger partial charge in [-0.2, -0.15) is 0 Å². The van der Waals surface area contributed by atoms with Gasteiger partial charge in [-0.1, -0.05) is 39.8 Å². The lowest BCUT2D eigenvalue weighted by molar-refractivity contribution is 0.193. The second-order valence-corrected chi connectivity index (χ2v) is 5.23. The van der Waals surface area contributed by atoms with Crippen molar-refractivity contribution in [3.05, 3.63) is 29.8 Å². The second-order valence-electron chi connectivity index (χ2n) is 5.23. The van der Waals surface area contributed by atoms with Gasteiger partial charge < -0.3 is 10.1 Å². The van der Waals surface area contributed by atoms with Crippen LogP contribution in [-0.4, -0.2) is 12.6 Å². The third-order valence-electron chi connectivity index (χ3n) is 3.02. The molecule has 0 saturated carbocycles. The van der Waals surface area contributed by atoms with E-state index in [4.69, 9.17) is 4.74 Å². The van der Waals surface area contributed by atoms with Crippen molar-refractivity contribution in [2.45, 2.75) is 53.2 Å². The third-order valence-corrected chi connectivity index (χ3v) is 3.02. The topological polar surface area (TPSA) is 21.3 Å². The molecular formula is C16H27NO. The van der Waals surface area contributed by atoms with Crippen molar-refractivity contribution in [3.8, 4) is 5.75 Å². The normalized spacial score (nSPS) is 11.2. The summed E-state index contributed by atoms with van der Waals surface area (Å²) in [6.45, 7) is 10.8. The predicted molar refractivity (Wildman–Crippen MR) is 78.0 cm³/mol. The van der Waals surface area contributed by atoms with Gasteiger partial charge in [-0.25, -0.2) is 0 Å². The molecule has 2 nitrogen and oxygen atoms in total. The fourth-order valence-electron chi connectivity index (χ4n) is 1.84. The first-order chi connectivity index (χ1) is 8.65. The third kappa shape index (κ3) is 5.54. The molecule has 0 saturated heterocycles. The minimum Gasteiger partial charge on any atom is -0.490 e. The van der Waals surface area contributed by atoms with Gasteiger partial charge in [0, 0.05) is 6.54 Å². The van der Waals surface area contributed by atoms with E-state index in [1.807, 2.05) is 0 Å². The Morgan fingerprint density at radius 3 is 2.17 bits per heavy atom. The Morgan fingerprint density at radius 2 is 1.67 bits per heavy atom. The number of rotatable bonds is 8. The number of benzene rings is 1. The summed E-state index contributed by atoms with van der Waals surface area (Å²) in [7, 11) is 0. The summed E-state index contributed by atoms with van der Waals surface area (Å²) in [5, 5.41) is 3.44. The van der Waals surface area contributed by atoms with Crippen LogP contribution in [0.5, 0.6) is 5.75 Å². The average molecular weight is 249 g/mol. The Bertz CT molecular complexity index is 314. The number of hydrogen-bond donors (Lipinski definition) is 1. The predicted octanol–water partition coefficient (Wildman–Crippen LogP) is 4.00. The smallest absolute Gasteiger partial charge is 0.119 e. The summed E-state index contributed by atoms with van der Waals surface area (Å²) in [5.74, 6) is 1.68. The molecule has 0 radical (unpaired) electrons. The standard InChI is InChI=1S/C16H27NO/c1-5-15(6-2)18-16-9-7-14(8-10-16)12-17-11-13(3)4/h7-10,13,15,17H,5-6,11-12H2,1-4H3. The molecule has 0 fully saturated rings. The minimum absolute atomic E-state index is 0.343. The van der Waals surface area contributed by atoms with Crippen LogP contribution in [0, 0.1) is 5.92 Å². The summed E-state index contributed by atoms with van der Waals surface area (Å²) >= 11 is 0. The Morgan fingerprint density at radius 1 is 1.06 bits per heavy atom. The molecule has 1 N–H and O–H groups in total. The second kappa shape index (κ2) is 8.15. The van der Waals surface area contributed by atoms with E-state index < -0.39 is 0 Å². The zero-order valence-electron chi connectivity index (χ0n) is 12.2. The summed E-state index contributed by atoms with van der Waals surface area (Å²) in [4.78, 5) is 0. The van der Waals surface area contributed by atoms with Crippen LogP contribution in [-0.2, 0) is 6.54 Å². The van der Waals surface area contributed by atoms with Crippen molar-refractivity contribution in [3.63, 3.8) is 0 Å². The van der Waals surface area contributed by atoms with E-state index in [9.17, 15) is 0 Å². The molecule has 0 bridgehead atoms. The van der Waals surface area contributed by atoms with Crippen molar-refractivity contribution in [2.24, 2.45) is 5.92 Å². The SMILES string of the molecule is CCC(CC)Oc1ccc(CNCC(C)C)cc1. The van der Waals surface area contributed by atoms with Crippen molar-refractivity contribution >= 4 is 0 Å². The summed E-state index contributed by atoms with van der Waals surface area (Å²) in [5.41, 5.74) is 1.31. The molecule has 0 aromatic heterocycles. The van der Waals surface area contributed by atoms with Gasteiger partial charge in [0.2, 0.25) is 0 Å². The number of nitrogens with one attached hydrogen (secondary N) is 1. The van der Waals surface area contributed by atoms with Gasteiger partial charge in [0.25, 0.3) is 0 Å². The van der Waals surface area contributed by atoms with Crippen LogP contribution in [0.15, 0.2) is 24.3 Å². The van der Waals surface area contributed by atoms with Crippen LogP contribution in [0.2, 0.25) is 0 Å². The minimum atomic E-state index is 0.343. The molecule has 1 aromatic carbocycles. The average Bonchev–Trinajstić information content (AvgIpc) is 2.37. The Labute approximate surface area is 112 Å². The first-order valence-electron chi connectivity index (χ1n) is 7.12. The van der Waals surface area contributed by atoms with Crippen LogP contribution in [0.3, 0.4) is 0 Å². The molecule has 0 aliphatic heterocycles. The lowest BCUT2D eigenvalue weighted by atomic mass is 10.2. The molecule has 102 valence electrons. The molecule has 0 aliphatic carbocycles. The summed E-state index contributed by atoms with van der Waals surface area (Å²) in [6, 6.07) is 8.44. The maximum absolute atomic E-state index is 5.89. The summed E-state index contributed by atoms with van der Waals surface area (Å²) < 4.78 is 5.89. The van der Waals surface area contributed by atoms with E-state index >= 15 is 0 Å². The van der Waals surface area contributed by atoms with Gasteiger partial charge in [0.15, 0.2) is 0 Å². The lowest BCUT2D eigenvalue weighted by Crippen LogP contribution is -2.19. The van der Waals surface area contributed by atoms with Gasteiger partial charge in [-0.05, 0) is 43.0 Å². The Hall–Kier alpha value is -1.02. The van der Waals surface area contributed by atoms with E-state index in [0.29, 0.717) is 12.0 Å². The van der Waals surface area contributed by atoms with E-state index in [-0.39, 0.29) is 0 Å². The number of hydrogen-bond acceptors (Lipinski definition) is 2. The highest BCUT2D eigenvalue weighted by Crippen LogP contribution is 2.16. The Balaban J connectivity index is 2.42. The van der Waals surface area contributed by atoms with Gasteiger partial charge in [0.05, 0.1) is 6.10 Å². The van der Waals surface area contributed by atoms with Crippen LogP contribution in [0.4, 0.5) is 0 Å². The monoisotopic (exact) mass is 249 g/mol. The molecule has 1 rings (SSSR count). The zero-order valence-corrected chi connectivity index (χ0v) is 12.2. The van der Waals surface area contributed by atoms with Crippen molar-refractivity contribution < 1.29 is 4.74 Å². The van der Waals surface area contributed by atoms with Crippen molar-refractivity contribution in [1.82, 2.24) is 5.32 Å². The molecule has 0 heterocycles. The van der Waals surface area contributed by atoms with Crippen molar-refractivity contribution in [2.75, 3.05) is 6.54 Å². The fraction of sp³-hybridized carbons (Fsp3) is 0.625. The molecular weight excluding hydrogens is 222 g/mol. The van der Waals surface area contributed by atoms with Crippen LogP contribution < -0.4 is 10.1 Å². The number of ether oxygens (including phenoxy) is 1. The highest BCUT2D eigenvalue weighted by molar-refractivity contribution is 5.27. The maximum atomic E-state index is 5.89. The van der Waals surface area contributed by atoms with Crippen LogP contribution in [0.25, 0.3) is 0 Å². The molecule has 0 atom stereocenters. The molecule has 0 unspecified atom stereocenters. The highest BCUT2D eigenvalue weighted by atomic mass is 16.5. The molecule has 0 spiro atoms. The highest BCUT2D eigenvalue weighted by Gasteiger charge is 2.04. The van der Waals surface area contributed by atoms with E-state index in [2.05, 4.69) is 57.3 Å². The van der Waals surface area contributed by atoms with Gasteiger partial charge in [-0.15, -0.1) is 0 Å². The molecule has 2 heteroatoms. The van der Waals surface area contributed by atoms with E-state index in [0.717, 1.165) is 31.7 Å². The quantitative estimate of drug-likeness (QED) is 0.752. The Kier molecular flexibility index (Phi) is 6.81. The molecule has 0 aliphatic rings. The maximum Gasteiger partial charge on any atom is 0.119 e. The first-order valence-corrected chi connectivity index (χ1v) is 7.12. The van der Waals surface area contributed by atoms with E-state index in [1.165, 1.54) is 5.56 Å². The van der Waals surface area contributed by atoms with Gasteiger partial charge in [0.1, 0.15) is 5.75 Å². The first kappa shape index (κ1) is 15.0. The van der Waals surface area contributed by atoms with Crippen molar-refractivity contribution in [1.29, 1.82) is 0 Å². The molecule has 1 aromatic rings. The zero-order chi connectivity index (χ0) is 13.4. The van der Waals surface area contributed by atoms with E-state index in [1.54, 1.807) is 0 Å². The van der Waals surface area contributed by atoms with Gasteiger partial charge >= 0.3 is 0 Å². The summed E-state index contributed by atoms with van der Waals surface area (Å²) in [6.07, 6.45) is 2.47. The molecule has 18 heavy (non-hydrogen) atoms. The lowest BCUT2D eigenvalue weighted by Gasteiger charge is -2.16. The van der Waals surface area contributed by atoms with Crippen LogP contribution in [0.1, 0.15) is 46.1 Å². The largest absolute Gasteiger partial charge is 0.490 e.